The Hall–Kier alpha value is -2.90. The van der Waals surface area contributed by atoms with Crippen LogP contribution in [0.1, 0.15) is 67.1 Å². The largest absolute Gasteiger partial charge is 0.481 e. The number of carboxylic acids is 1. The summed E-state index contributed by atoms with van der Waals surface area (Å²) < 4.78 is 5.74. The summed E-state index contributed by atoms with van der Waals surface area (Å²) in [5.74, 6) is -1.45. The molecule has 0 spiro atoms. The van der Waals surface area contributed by atoms with Crippen LogP contribution in [0.5, 0.6) is 0 Å². The number of rotatable bonds is 7. The molecule has 0 aliphatic carbocycles. The predicted molar refractivity (Wildman–Crippen MR) is 128 cm³/mol. The first-order valence-corrected chi connectivity index (χ1v) is 11.9. The normalized spacial score (nSPS) is 21.5. The minimum absolute atomic E-state index is 0.208. The number of likely N-dealkylation sites (tertiary alicyclic amines) is 1. The van der Waals surface area contributed by atoms with Crippen molar-refractivity contribution in [1.82, 2.24) is 15.1 Å². The van der Waals surface area contributed by atoms with E-state index >= 15 is 0 Å². The highest BCUT2D eigenvalue weighted by molar-refractivity contribution is 6.30. The lowest BCUT2D eigenvalue weighted by atomic mass is 9.74. The first-order valence-electron chi connectivity index (χ1n) is 11.1. The third kappa shape index (κ3) is 4.95. The molecule has 7 nitrogen and oxygen atoms in total. The minimum Gasteiger partial charge on any atom is -0.481 e. The molecule has 1 N–H and O–H groups in total. The molecule has 4 atom stereocenters. The van der Waals surface area contributed by atoms with Gasteiger partial charge in [-0.1, -0.05) is 54.4 Å². The number of hydrogen-bond donors (Lipinski definition) is 1. The maximum absolute atomic E-state index is 13.9. The molecular weight excluding hydrogens is 477 g/mol. The van der Waals surface area contributed by atoms with Crippen LogP contribution in [0.25, 0.3) is 0 Å². The van der Waals surface area contributed by atoms with Gasteiger partial charge in [0.15, 0.2) is 0 Å². The van der Waals surface area contributed by atoms with Gasteiger partial charge in [-0.15, -0.1) is 10.2 Å². The van der Waals surface area contributed by atoms with E-state index in [0.29, 0.717) is 34.7 Å². The van der Waals surface area contributed by atoms with Crippen molar-refractivity contribution in [3.8, 4) is 0 Å². The lowest BCUT2D eigenvalue weighted by molar-refractivity contribution is -0.153. The zero-order valence-electron chi connectivity index (χ0n) is 18.8. The quantitative estimate of drug-likeness (QED) is 0.427. The van der Waals surface area contributed by atoms with Crippen molar-refractivity contribution in [2.24, 2.45) is 5.92 Å². The fourth-order valence-electron chi connectivity index (χ4n) is 4.85. The fraction of sp³-hybridized carbons (Fsp3) is 0.360. The van der Waals surface area contributed by atoms with Gasteiger partial charge >= 0.3 is 5.97 Å². The second-order valence-corrected chi connectivity index (χ2v) is 9.39. The van der Waals surface area contributed by atoms with E-state index in [0.717, 1.165) is 11.1 Å². The first kappa shape index (κ1) is 24.2. The molecule has 1 amide bonds. The van der Waals surface area contributed by atoms with Crippen LogP contribution in [-0.4, -0.2) is 32.1 Å². The van der Waals surface area contributed by atoms with Gasteiger partial charge in [0, 0.05) is 28.8 Å². The molecule has 1 fully saturated rings. The molecule has 2 heterocycles. The van der Waals surface area contributed by atoms with Crippen molar-refractivity contribution in [3.05, 3.63) is 81.5 Å². The summed E-state index contributed by atoms with van der Waals surface area (Å²) in [6.07, 6.45) is 0.618. The third-order valence-electron chi connectivity index (χ3n) is 6.28. The number of carbonyl (C=O) groups excluding carboxylic acids is 1. The van der Waals surface area contributed by atoms with Crippen LogP contribution < -0.4 is 0 Å². The van der Waals surface area contributed by atoms with E-state index in [1.807, 2.05) is 37.3 Å². The standard InChI is InChI=1S/C25H25Cl2N3O4/c1-3-21(24-29-28-14(2)34-24)30-23(15-7-9-18(26)10-8-15)20(16-5-4-6-19(27)11-16)12-17(25(30)33)13-22(31)32/h4-11,17,20-21,23H,3,12-13H2,1-2H3,(H,31,32). The van der Waals surface area contributed by atoms with Crippen molar-refractivity contribution in [2.45, 2.75) is 51.1 Å². The Labute approximate surface area is 207 Å². The highest BCUT2D eigenvalue weighted by Gasteiger charge is 2.47. The van der Waals surface area contributed by atoms with E-state index in [-0.39, 0.29) is 18.2 Å². The van der Waals surface area contributed by atoms with Gasteiger partial charge in [0.05, 0.1) is 12.5 Å². The highest BCUT2D eigenvalue weighted by atomic mass is 35.5. The minimum atomic E-state index is -1.02. The lowest BCUT2D eigenvalue weighted by Gasteiger charge is -2.47. The number of hydrogen-bond acceptors (Lipinski definition) is 5. The summed E-state index contributed by atoms with van der Waals surface area (Å²) in [4.78, 5) is 27.3. The van der Waals surface area contributed by atoms with Gasteiger partial charge in [-0.05, 0) is 48.2 Å². The summed E-state index contributed by atoms with van der Waals surface area (Å²) in [7, 11) is 0. The third-order valence-corrected chi connectivity index (χ3v) is 6.77. The number of carboxylic acid groups (broad SMARTS) is 1. The highest BCUT2D eigenvalue weighted by Crippen LogP contribution is 2.50. The van der Waals surface area contributed by atoms with Crippen molar-refractivity contribution in [1.29, 1.82) is 0 Å². The maximum Gasteiger partial charge on any atom is 0.304 e. The summed E-state index contributed by atoms with van der Waals surface area (Å²) in [6.45, 7) is 3.63. The Bertz CT molecular complexity index is 1180. The van der Waals surface area contributed by atoms with E-state index in [4.69, 9.17) is 27.6 Å². The number of aryl methyl sites for hydroxylation is 1. The molecule has 4 rings (SSSR count). The van der Waals surface area contributed by atoms with Crippen LogP contribution in [0.4, 0.5) is 0 Å². The van der Waals surface area contributed by atoms with E-state index in [1.165, 1.54) is 0 Å². The summed E-state index contributed by atoms with van der Waals surface area (Å²) in [5.41, 5.74) is 1.81. The molecule has 1 aromatic heterocycles. The first-order chi connectivity index (χ1) is 16.3. The van der Waals surface area contributed by atoms with Crippen LogP contribution in [0.15, 0.2) is 52.9 Å². The van der Waals surface area contributed by atoms with Crippen molar-refractivity contribution in [2.75, 3.05) is 0 Å². The van der Waals surface area contributed by atoms with Crippen molar-refractivity contribution < 1.29 is 19.1 Å². The number of halogens is 2. The van der Waals surface area contributed by atoms with Crippen LogP contribution in [-0.2, 0) is 9.59 Å². The molecule has 4 unspecified atom stereocenters. The van der Waals surface area contributed by atoms with Crippen LogP contribution in [0.3, 0.4) is 0 Å². The number of piperidine rings is 1. The molecule has 178 valence electrons. The maximum atomic E-state index is 13.9. The Kier molecular flexibility index (Phi) is 7.24. The second-order valence-electron chi connectivity index (χ2n) is 8.52. The zero-order valence-corrected chi connectivity index (χ0v) is 20.3. The molecule has 0 bridgehead atoms. The second kappa shape index (κ2) is 10.2. The fourth-order valence-corrected chi connectivity index (χ4v) is 5.18. The van der Waals surface area contributed by atoms with E-state index < -0.39 is 24.0 Å². The molecule has 2 aromatic carbocycles. The Morgan fingerprint density at radius 2 is 1.88 bits per heavy atom. The summed E-state index contributed by atoms with van der Waals surface area (Å²) in [5, 5.41) is 18.9. The molecule has 1 saturated heterocycles. The van der Waals surface area contributed by atoms with Gasteiger partial charge < -0.3 is 14.4 Å². The number of aromatic nitrogens is 2. The summed E-state index contributed by atoms with van der Waals surface area (Å²) in [6, 6.07) is 13.9. The number of benzene rings is 2. The van der Waals surface area contributed by atoms with Gasteiger partial charge in [0.25, 0.3) is 0 Å². The zero-order chi connectivity index (χ0) is 24.4. The molecule has 0 saturated carbocycles. The smallest absolute Gasteiger partial charge is 0.304 e. The Balaban J connectivity index is 1.90. The van der Waals surface area contributed by atoms with Gasteiger partial charge in [0.1, 0.15) is 6.04 Å². The average molecular weight is 502 g/mol. The van der Waals surface area contributed by atoms with Gasteiger partial charge in [-0.3, -0.25) is 9.59 Å². The van der Waals surface area contributed by atoms with Gasteiger partial charge in [0.2, 0.25) is 17.7 Å². The molecule has 9 heteroatoms. The van der Waals surface area contributed by atoms with Crippen molar-refractivity contribution in [3.63, 3.8) is 0 Å². The average Bonchev–Trinajstić information content (AvgIpc) is 3.23. The SMILES string of the molecule is CCC(c1nnc(C)o1)N1C(=O)C(CC(=O)O)CC(c2cccc(Cl)c2)C1c1ccc(Cl)cc1. The Morgan fingerprint density at radius 3 is 2.47 bits per heavy atom. The number of amides is 1. The molecule has 1 aliphatic rings. The molecule has 34 heavy (non-hydrogen) atoms. The van der Waals surface area contributed by atoms with E-state index in [9.17, 15) is 14.7 Å². The number of aliphatic carboxylic acids is 1. The van der Waals surface area contributed by atoms with E-state index in [1.54, 1.807) is 30.0 Å². The number of carbonyl (C=O) groups is 2. The van der Waals surface area contributed by atoms with Gasteiger partial charge in [-0.25, -0.2) is 0 Å². The Morgan fingerprint density at radius 1 is 1.15 bits per heavy atom. The van der Waals surface area contributed by atoms with E-state index in [2.05, 4.69) is 10.2 Å². The molecule has 1 aliphatic heterocycles. The van der Waals surface area contributed by atoms with Gasteiger partial charge in [-0.2, -0.15) is 0 Å². The predicted octanol–water partition coefficient (Wildman–Crippen LogP) is 5.98. The molecule has 3 aromatic rings. The van der Waals surface area contributed by atoms with Crippen LogP contribution >= 0.6 is 23.2 Å². The summed E-state index contributed by atoms with van der Waals surface area (Å²) >= 11 is 12.5. The monoisotopic (exact) mass is 501 g/mol. The van der Waals surface area contributed by atoms with Crippen LogP contribution in [0, 0.1) is 12.8 Å². The van der Waals surface area contributed by atoms with Crippen molar-refractivity contribution >= 4 is 35.1 Å². The topological polar surface area (TPSA) is 96.5 Å². The number of nitrogens with zero attached hydrogens (tertiary/aromatic N) is 3. The lowest BCUT2D eigenvalue weighted by Crippen LogP contribution is -2.49. The van der Waals surface area contributed by atoms with Crippen LogP contribution in [0.2, 0.25) is 10.0 Å². The molecular formula is C25H25Cl2N3O4. The molecule has 0 radical (unpaired) electrons.